The van der Waals surface area contributed by atoms with Crippen LogP contribution in [0.3, 0.4) is 0 Å². The van der Waals surface area contributed by atoms with Crippen LogP contribution < -0.4 is 39.6 Å². The van der Waals surface area contributed by atoms with Gasteiger partial charge in [0.2, 0.25) is 11.9 Å². The Morgan fingerprint density at radius 2 is 1.01 bits per heavy atom. The summed E-state index contributed by atoms with van der Waals surface area (Å²) in [7, 11) is -19.2. The summed E-state index contributed by atoms with van der Waals surface area (Å²) in [4.78, 5) is 128. The Morgan fingerprint density at radius 1 is 0.588 bits per heavy atom. The molecule has 4 fully saturated rings. The largest absolute Gasteiger partial charge is 0.694 e. The summed E-state index contributed by atoms with van der Waals surface area (Å²) in [5, 5.41) is 10.9. The summed E-state index contributed by atoms with van der Waals surface area (Å²) in [6.07, 6.45) is -11.8. The molecule has 41 nitrogen and oxygen atoms in total. The highest BCUT2D eigenvalue weighted by molar-refractivity contribution is 7.48. The lowest BCUT2D eigenvalue weighted by molar-refractivity contribution is -0.0617. The molecule has 4 aliphatic rings. The third-order valence-corrected chi connectivity index (χ3v) is 17.2. The number of nitrogen functional groups attached to an aromatic ring is 3. The normalized spacial score (nSPS) is 28.6. The topological polar surface area (TPSA) is 575 Å². The first-order valence-corrected chi connectivity index (χ1v) is 30.6. The van der Waals surface area contributed by atoms with E-state index in [1.165, 1.54) is 33.3 Å². The Morgan fingerprint density at radius 3 is 1.51 bits per heavy atom. The number of hydrogen-bond acceptors (Lipinski definition) is 30. The number of ether oxygens (including phenoxy) is 4. The average molecular weight is 1280 g/mol. The fourth-order valence-corrected chi connectivity index (χ4v) is 13.0. The lowest BCUT2D eigenvalue weighted by Crippen LogP contribution is -2.33. The maximum absolute atomic E-state index is 14.1. The van der Waals surface area contributed by atoms with Crippen LogP contribution in [0.2, 0.25) is 0 Å². The summed E-state index contributed by atoms with van der Waals surface area (Å²) in [5.41, 5.74) is 14.6. The van der Waals surface area contributed by atoms with Gasteiger partial charge >= 0.3 is 37.4 Å². The van der Waals surface area contributed by atoms with Gasteiger partial charge < -0.3 is 55.9 Å². The first kappa shape index (κ1) is 60.2. The number of aliphatic hydroxyl groups is 1. The Kier molecular flexibility index (Phi) is 16.7. The van der Waals surface area contributed by atoms with Gasteiger partial charge in [0, 0.05) is 42.0 Å². The highest BCUT2D eigenvalue weighted by atomic mass is 31.2. The molecule has 14 N–H and O–H groups in total. The number of nitrogens with two attached hydrogens (primary N) is 3. The molecule has 11 rings (SSSR count). The van der Waals surface area contributed by atoms with E-state index >= 15 is 0 Å². The summed E-state index contributed by atoms with van der Waals surface area (Å²) in [6.45, 7) is -1.96. The minimum absolute atomic E-state index is 0.0206. The third kappa shape index (κ3) is 13.0. The van der Waals surface area contributed by atoms with E-state index in [9.17, 15) is 62.1 Å². The fourth-order valence-electron chi connectivity index (χ4n) is 9.87. The van der Waals surface area contributed by atoms with Gasteiger partial charge in [-0.3, -0.25) is 74.7 Å². The number of nitrogens with zero attached hydrogens (tertiary/aromatic N) is 11. The van der Waals surface area contributed by atoms with Gasteiger partial charge in [-0.1, -0.05) is 0 Å². The molecule has 458 valence electrons. The van der Waals surface area contributed by atoms with Crippen LogP contribution in [0.5, 0.6) is 0 Å². The number of aromatic amines is 3. The van der Waals surface area contributed by atoms with Gasteiger partial charge in [0.05, 0.1) is 44.9 Å². The van der Waals surface area contributed by atoms with Crippen LogP contribution in [-0.2, 0) is 68.9 Å². The number of fused-ring (bicyclic) bond motifs is 3. The molecule has 11 heterocycles. The molecule has 0 saturated carbocycles. The number of phosphoric acid groups is 3. The first-order valence-electron chi connectivity index (χ1n) is 25.0. The Bertz CT molecular complexity index is 4100. The van der Waals surface area contributed by atoms with E-state index in [0.717, 1.165) is 23.4 Å². The molecule has 0 spiro atoms. The Hall–Kier alpha value is -6.52. The zero-order valence-corrected chi connectivity index (χ0v) is 47.0. The smallest absolute Gasteiger partial charge is 0.390 e. The second-order valence-electron chi connectivity index (χ2n) is 19.4. The average Bonchev–Trinajstić information content (AvgIpc) is 2.45. The zero-order valence-electron chi connectivity index (χ0n) is 43.4. The first-order chi connectivity index (χ1) is 40.3. The lowest BCUT2D eigenvalue weighted by atomic mass is 10.2. The summed E-state index contributed by atoms with van der Waals surface area (Å²) < 4.78 is 120. The molecule has 7 aromatic heterocycles. The molecular weight excluding hydrogens is 1230 g/mol. The van der Waals surface area contributed by atoms with Gasteiger partial charge in [0.15, 0.2) is 33.8 Å². The van der Waals surface area contributed by atoms with E-state index < -0.39 is 154 Å². The van der Waals surface area contributed by atoms with Crippen LogP contribution in [0.1, 0.15) is 56.2 Å². The molecule has 16 atom stereocenters. The maximum Gasteiger partial charge on any atom is 0.694 e. The van der Waals surface area contributed by atoms with Gasteiger partial charge in [-0.25, -0.2) is 43.4 Å². The van der Waals surface area contributed by atoms with Gasteiger partial charge in [-0.2, -0.15) is 9.97 Å². The number of imidazole rings is 3. The summed E-state index contributed by atoms with van der Waals surface area (Å²) >= 11 is 0. The summed E-state index contributed by atoms with van der Waals surface area (Å²) in [6, 6.07) is 0. The highest BCUT2D eigenvalue weighted by Crippen LogP contribution is 2.54. The Balaban J connectivity index is 0.795. The van der Waals surface area contributed by atoms with Crippen molar-refractivity contribution in [1.82, 2.24) is 68.1 Å². The number of aromatic nitrogens is 14. The van der Waals surface area contributed by atoms with Gasteiger partial charge in [-0.15, -0.1) is 9.42 Å². The standard InChI is InChI=1S/C40H49N17O24P4/c1-15-6-54(40(62)53-35(15)59)25-3-17(21(76-25)7-71-82(63)64)79-84(67,68)73-9-22-18(4-26(77-22)55-12-46-28-31(41)44-11-45-32(28)55)81-85(69,70)74-10-23-19(5-27(78-23)57-14-48-30-34(57)50-39(43)52-37(30)61)80-83(65,66)72-8-20-16(58)2-24(75-20)56-13-47-29-33(56)49-38(42)51-36(29)60/h6,11-14,16-27,58H,2-5,7-10H2,1H3,(H12-,41,42,43,44,45,49,50,51,52,53,59,60,61,62,63,64,65,66,67,68,69,70)/p+1/t16-,17-,18-,19-,20+,21+,22+,23+,24+,25+,26+,27+/m0/s1. The monoisotopic (exact) mass is 1280 g/mol. The van der Waals surface area contributed by atoms with E-state index in [-0.39, 0.29) is 82.5 Å². The molecule has 4 saturated heterocycles. The molecule has 4 aliphatic heterocycles. The van der Waals surface area contributed by atoms with E-state index in [2.05, 4.69) is 49.8 Å². The van der Waals surface area contributed by atoms with Gasteiger partial charge in [0.1, 0.15) is 86.1 Å². The predicted molar refractivity (Wildman–Crippen MR) is 279 cm³/mol. The number of phosphoric ester groups is 3. The minimum atomic E-state index is -5.41. The third-order valence-electron chi connectivity index (χ3n) is 13.8. The quantitative estimate of drug-likeness (QED) is 0.0340. The lowest BCUT2D eigenvalue weighted by Gasteiger charge is -2.25. The van der Waals surface area contributed by atoms with Crippen LogP contribution in [0.4, 0.5) is 17.7 Å². The Labute approximate surface area is 472 Å². The number of aliphatic hydroxyl groups excluding tert-OH is 1. The van der Waals surface area contributed by atoms with E-state index in [1.807, 2.05) is 0 Å². The maximum atomic E-state index is 14.1. The second kappa shape index (κ2) is 23.6. The molecule has 7 aromatic rings. The van der Waals surface area contributed by atoms with Gasteiger partial charge in [0.25, 0.3) is 16.7 Å². The number of rotatable bonds is 22. The number of hydrogen-bond donors (Lipinski definition) is 11. The zero-order chi connectivity index (χ0) is 60.4. The predicted octanol–water partition coefficient (Wildman–Crippen LogP) is -1.62. The van der Waals surface area contributed by atoms with Crippen molar-refractivity contribution in [2.24, 2.45) is 0 Å². The van der Waals surface area contributed by atoms with Crippen molar-refractivity contribution in [3.05, 3.63) is 78.6 Å². The highest BCUT2D eigenvalue weighted by Gasteiger charge is 2.49. The van der Waals surface area contributed by atoms with E-state index in [0.29, 0.717) is 0 Å². The molecule has 4 unspecified atom stereocenters. The van der Waals surface area contributed by atoms with Crippen LogP contribution in [0.25, 0.3) is 33.5 Å². The molecular formula is C40H50N17O24P4+. The van der Waals surface area contributed by atoms with Crippen molar-refractivity contribution in [2.45, 2.75) is 106 Å². The SMILES string of the molecule is Cc1cn([C@H]2C[C@H](OP(=O)(O)OC[C@H]3O[C@@H](n4cnc5c(N)ncnc54)C[C@@H]3OP(=O)(O)OC[C@H]3O[C@@H](n4cnc5c(=O)[nH]c(N)nc54)C[C@@H]3OP(=O)(O)OC[C@H]3O[C@@H](n4cnc5c(=O)[nH]c(N)nc54)C[C@@H]3O)[C@@H](CO[P+](=O)O)O2)c(=O)[nH]c1=O. The minimum Gasteiger partial charge on any atom is -0.390 e. The van der Waals surface area contributed by atoms with Crippen molar-refractivity contribution in [2.75, 3.05) is 43.6 Å². The van der Waals surface area contributed by atoms with Crippen LogP contribution >= 0.6 is 31.7 Å². The second-order valence-corrected chi connectivity index (χ2v) is 24.3. The van der Waals surface area contributed by atoms with E-state index in [4.69, 9.17) is 67.8 Å². The number of anilines is 3. The molecule has 0 aliphatic carbocycles. The molecule has 0 amide bonds. The van der Waals surface area contributed by atoms with Crippen molar-refractivity contribution < 1.29 is 93.6 Å². The number of aryl methyl sites for hydroxylation is 1. The summed E-state index contributed by atoms with van der Waals surface area (Å²) in [5.74, 6) is -0.553. The molecule has 85 heavy (non-hydrogen) atoms. The molecule has 0 radical (unpaired) electrons. The molecule has 0 bridgehead atoms. The van der Waals surface area contributed by atoms with Crippen molar-refractivity contribution in [1.29, 1.82) is 0 Å². The number of nitrogens with one attached hydrogen (secondary N) is 3. The van der Waals surface area contributed by atoms with Crippen LogP contribution in [-0.4, -0.2) is 168 Å². The number of H-pyrrole nitrogens is 3. The van der Waals surface area contributed by atoms with Crippen LogP contribution in [0.15, 0.2) is 50.7 Å². The molecule has 0 aromatic carbocycles. The van der Waals surface area contributed by atoms with Gasteiger partial charge in [-0.05, 0) is 6.92 Å². The molecule has 45 heteroatoms. The van der Waals surface area contributed by atoms with E-state index in [1.54, 1.807) is 0 Å². The van der Waals surface area contributed by atoms with Crippen molar-refractivity contribution in [3.63, 3.8) is 0 Å². The fraction of sp³-hybridized carbons (Fsp3) is 0.525. The van der Waals surface area contributed by atoms with Crippen molar-refractivity contribution in [3.8, 4) is 0 Å². The van der Waals surface area contributed by atoms with Crippen LogP contribution in [0, 0.1) is 6.92 Å². The van der Waals surface area contributed by atoms with Crippen molar-refractivity contribution >= 4 is 82.9 Å².